The topological polar surface area (TPSA) is 69.5 Å². The molecule has 7 nitrogen and oxygen atoms in total. The lowest BCUT2D eigenvalue weighted by molar-refractivity contribution is 0.372. The van der Waals surface area contributed by atoms with Gasteiger partial charge < -0.3 is 15.1 Å². The molecule has 0 aliphatic carbocycles. The normalized spacial score (nSPS) is 15.0. The quantitative estimate of drug-likeness (QED) is 0.358. The van der Waals surface area contributed by atoms with Gasteiger partial charge in [-0.15, -0.1) is 35.3 Å². The maximum Gasteiger partial charge on any atom is 0.205 e. The first-order valence-electron chi connectivity index (χ1n) is 9.20. The molecule has 0 bridgehead atoms. The van der Waals surface area contributed by atoms with Crippen LogP contribution in [0.25, 0.3) is 0 Å². The summed E-state index contributed by atoms with van der Waals surface area (Å²) >= 11 is 3.31. The number of hydrogen-bond donors (Lipinski definition) is 1. The van der Waals surface area contributed by atoms with Gasteiger partial charge in [-0.25, -0.2) is 9.97 Å². The number of piperazine rings is 1. The first kappa shape index (κ1) is 22.3. The number of aliphatic imine (C=N–C) groups is 1. The molecule has 10 heteroatoms. The Hall–Kier alpha value is -1.01. The monoisotopic (exact) mass is 521 g/mol. The lowest BCUT2D eigenvalue weighted by atomic mass is 10.3. The molecule has 1 aliphatic heterocycles. The van der Waals surface area contributed by atoms with E-state index in [1.807, 2.05) is 13.2 Å². The predicted molar refractivity (Wildman–Crippen MR) is 125 cm³/mol. The van der Waals surface area contributed by atoms with Gasteiger partial charge in [0.15, 0.2) is 5.96 Å². The smallest absolute Gasteiger partial charge is 0.205 e. The van der Waals surface area contributed by atoms with E-state index in [0.717, 1.165) is 68.9 Å². The van der Waals surface area contributed by atoms with Crippen molar-refractivity contribution in [2.75, 3.05) is 44.7 Å². The van der Waals surface area contributed by atoms with Crippen LogP contribution in [0.15, 0.2) is 11.2 Å². The minimum Gasteiger partial charge on any atom is -0.356 e. The summed E-state index contributed by atoms with van der Waals surface area (Å²) in [7, 11) is 1.85. The molecule has 2 aromatic heterocycles. The zero-order valence-corrected chi connectivity index (χ0v) is 20.1. The van der Waals surface area contributed by atoms with Crippen LogP contribution in [0.3, 0.4) is 0 Å². The second-order valence-electron chi connectivity index (χ2n) is 6.12. The van der Waals surface area contributed by atoms with E-state index >= 15 is 0 Å². The summed E-state index contributed by atoms with van der Waals surface area (Å²) < 4.78 is 4.39. The van der Waals surface area contributed by atoms with Crippen LogP contribution in [0.2, 0.25) is 0 Å². The highest BCUT2D eigenvalue weighted by Gasteiger charge is 2.21. The summed E-state index contributed by atoms with van der Waals surface area (Å²) in [6.45, 7) is 8.91. The predicted octanol–water partition coefficient (Wildman–Crippen LogP) is 2.68. The molecule has 1 aliphatic rings. The average molecular weight is 521 g/mol. The third kappa shape index (κ3) is 5.98. The number of rotatable bonds is 6. The fourth-order valence-corrected chi connectivity index (χ4v) is 4.53. The first-order valence-corrected chi connectivity index (χ1v) is 10.8. The number of nitrogens with one attached hydrogen (secondary N) is 1. The Morgan fingerprint density at radius 1 is 1.22 bits per heavy atom. The fourth-order valence-electron chi connectivity index (χ4n) is 2.87. The van der Waals surface area contributed by atoms with Crippen LogP contribution in [0, 0.1) is 0 Å². The van der Waals surface area contributed by atoms with Crippen LogP contribution in [0.4, 0.5) is 5.13 Å². The second kappa shape index (κ2) is 11.1. The number of guanidine groups is 1. The van der Waals surface area contributed by atoms with Gasteiger partial charge in [0.25, 0.3) is 0 Å². The van der Waals surface area contributed by atoms with Crippen LogP contribution in [0.5, 0.6) is 0 Å². The van der Waals surface area contributed by atoms with Gasteiger partial charge in [0.1, 0.15) is 5.82 Å². The van der Waals surface area contributed by atoms with Crippen molar-refractivity contribution in [3.05, 3.63) is 21.9 Å². The Morgan fingerprint density at radius 3 is 2.59 bits per heavy atom. The summed E-state index contributed by atoms with van der Waals surface area (Å²) in [5, 5.41) is 5.72. The van der Waals surface area contributed by atoms with Gasteiger partial charge in [0.05, 0.1) is 5.01 Å². The van der Waals surface area contributed by atoms with Crippen molar-refractivity contribution in [3.8, 4) is 0 Å². The van der Waals surface area contributed by atoms with Crippen molar-refractivity contribution in [3.63, 3.8) is 0 Å². The Labute approximate surface area is 186 Å². The number of nitrogens with zero attached hydrogens (tertiary/aromatic N) is 6. The number of thiazole rings is 1. The van der Waals surface area contributed by atoms with Crippen LogP contribution in [0.1, 0.15) is 29.6 Å². The Morgan fingerprint density at radius 2 is 2.00 bits per heavy atom. The highest BCUT2D eigenvalue weighted by Crippen LogP contribution is 2.19. The Bertz CT molecular complexity index is 722. The highest BCUT2D eigenvalue weighted by molar-refractivity contribution is 14.0. The van der Waals surface area contributed by atoms with E-state index in [0.29, 0.717) is 0 Å². The minimum atomic E-state index is 0. The summed E-state index contributed by atoms with van der Waals surface area (Å²) in [5.41, 5.74) is 0. The molecular weight excluding hydrogens is 493 g/mol. The molecule has 1 N–H and O–H groups in total. The molecule has 0 aromatic carbocycles. The number of aryl methyl sites for hydroxylation is 2. The van der Waals surface area contributed by atoms with Crippen molar-refractivity contribution < 1.29 is 0 Å². The van der Waals surface area contributed by atoms with Gasteiger partial charge in [-0.1, -0.05) is 13.8 Å². The molecule has 0 spiro atoms. The molecule has 3 rings (SSSR count). The Balaban J connectivity index is 0.00000261. The molecule has 150 valence electrons. The van der Waals surface area contributed by atoms with E-state index in [1.165, 1.54) is 21.4 Å². The van der Waals surface area contributed by atoms with Crippen molar-refractivity contribution >= 4 is 57.9 Å². The fraction of sp³-hybridized carbons (Fsp3) is 0.647. The largest absolute Gasteiger partial charge is 0.356 e. The van der Waals surface area contributed by atoms with E-state index in [-0.39, 0.29) is 24.0 Å². The van der Waals surface area contributed by atoms with Gasteiger partial charge in [0, 0.05) is 75.2 Å². The van der Waals surface area contributed by atoms with Crippen LogP contribution in [-0.2, 0) is 19.3 Å². The SMILES string of the molecule is CCc1nsc(N2CCN(C(=NC)NCCc3ncc(CC)s3)CC2)n1.I. The average Bonchev–Trinajstić information content (AvgIpc) is 3.35. The van der Waals surface area contributed by atoms with E-state index in [1.54, 1.807) is 11.3 Å². The lowest BCUT2D eigenvalue weighted by Gasteiger charge is -2.36. The third-order valence-corrected chi connectivity index (χ3v) is 6.42. The molecule has 3 heterocycles. The Kier molecular flexibility index (Phi) is 9.16. The molecule has 0 atom stereocenters. The number of hydrogen-bond acceptors (Lipinski definition) is 7. The molecule has 27 heavy (non-hydrogen) atoms. The third-order valence-electron chi connectivity index (χ3n) is 4.41. The summed E-state index contributed by atoms with van der Waals surface area (Å²) in [4.78, 5) is 19.5. The van der Waals surface area contributed by atoms with Gasteiger partial charge in [0.2, 0.25) is 5.13 Å². The molecule has 1 fully saturated rings. The van der Waals surface area contributed by atoms with Crippen LogP contribution in [-0.4, -0.2) is 65.0 Å². The molecule has 0 unspecified atom stereocenters. The van der Waals surface area contributed by atoms with E-state index in [9.17, 15) is 0 Å². The zero-order valence-electron chi connectivity index (χ0n) is 16.1. The summed E-state index contributed by atoms with van der Waals surface area (Å²) in [6.07, 6.45) is 4.89. The molecule has 0 radical (unpaired) electrons. The summed E-state index contributed by atoms with van der Waals surface area (Å²) in [6, 6.07) is 0. The van der Waals surface area contributed by atoms with Crippen molar-refractivity contribution in [2.45, 2.75) is 33.1 Å². The van der Waals surface area contributed by atoms with Crippen LogP contribution >= 0.6 is 46.8 Å². The number of halogens is 1. The van der Waals surface area contributed by atoms with E-state index in [2.05, 4.69) is 48.3 Å². The van der Waals surface area contributed by atoms with Gasteiger partial charge in [-0.05, 0) is 6.42 Å². The highest BCUT2D eigenvalue weighted by atomic mass is 127. The molecule has 0 amide bonds. The maximum atomic E-state index is 4.60. The molecule has 1 saturated heterocycles. The van der Waals surface area contributed by atoms with Crippen molar-refractivity contribution in [1.82, 2.24) is 24.6 Å². The molecule has 0 saturated carbocycles. The maximum absolute atomic E-state index is 4.60. The second-order valence-corrected chi connectivity index (χ2v) is 8.05. The molecule has 2 aromatic rings. The number of anilines is 1. The van der Waals surface area contributed by atoms with Gasteiger partial charge in [-0.3, -0.25) is 4.99 Å². The standard InChI is InChI=1S/C17H27N7S2.HI/c1-4-13-12-20-15(25-13)6-7-19-16(18-3)23-8-10-24(11-9-23)17-21-14(5-2)22-26-17;/h12H,4-11H2,1-3H3,(H,18,19);1H. The lowest BCUT2D eigenvalue weighted by Crippen LogP contribution is -2.52. The first-order chi connectivity index (χ1) is 12.7. The minimum absolute atomic E-state index is 0. The zero-order chi connectivity index (χ0) is 18.4. The summed E-state index contributed by atoms with van der Waals surface area (Å²) in [5.74, 6) is 1.92. The molecular formula is C17H28IN7S2. The van der Waals surface area contributed by atoms with Gasteiger partial charge >= 0.3 is 0 Å². The van der Waals surface area contributed by atoms with E-state index in [4.69, 9.17) is 0 Å². The van der Waals surface area contributed by atoms with Crippen molar-refractivity contribution in [1.29, 1.82) is 0 Å². The van der Waals surface area contributed by atoms with Crippen molar-refractivity contribution in [2.24, 2.45) is 4.99 Å². The van der Waals surface area contributed by atoms with Gasteiger partial charge in [-0.2, -0.15) is 4.37 Å². The van der Waals surface area contributed by atoms with E-state index < -0.39 is 0 Å². The number of aromatic nitrogens is 3. The van der Waals surface area contributed by atoms with Crippen LogP contribution < -0.4 is 10.2 Å².